The quantitative estimate of drug-likeness (QED) is 0.375. The second kappa shape index (κ2) is 10.3. The molecule has 3 aromatic heterocycles. The van der Waals surface area contributed by atoms with E-state index in [1.807, 2.05) is 23.1 Å². The van der Waals surface area contributed by atoms with E-state index in [1.165, 1.54) is 18.0 Å². The summed E-state index contributed by atoms with van der Waals surface area (Å²) in [7, 11) is 3.14. The number of likely N-dealkylation sites (tertiary alicyclic amines) is 1. The molecular weight excluding hydrogens is 475 g/mol. The van der Waals surface area contributed by atoms with Crippen molar-refractivity contribution in [2.45, 2.75) is 31.6 Å². The van der Waals surface area contributed by atoms with E-state index in [0.717, 1.165) is 17.7 Å². The first kappa shape index (κ1) is 24.3. The van der Waals surface area contributed by atoms with E-state index in [9.17, 15) is 13.2 Å². The number of anilines is 1. The third-order valence-electron chi connectivity index (χ3n) is 6.49. The minimum absolute atomic E-state index is 0.268. The van der Waals surface area contributed by atoms with Crippen molar-refractivity contribution in [3.63, 3.8) is 0 Å². The average Bonchev–Trinajstić information content (AvgIpc) is 3.47. The molecule has 9 nitrogen and oxygen atoms in total. The van der Waals surface area contributed by atoms with E-state index in [1.54, 1.807) is 23.9 Å². The molecule has 0 unspecified atom stereocenters. The van der Waals surface area contributed by atoms with E-state index in [0.29, 0.717) is 48.5 Å². The predicted molar refractivity (Wildman–Crippen MR) is 130 cm³/mol. The number of fused-ring (bicyclic) bond motifs is 2. The summed E-state index contributed by atoms with van der Waals surface area (Å²) in [6, 6.07) is 6.92. The molecule has 1 fully saturated rings. The fraction of sp³-hybridized carbons (Fsp3) is 0.458. The molecule has 2 atom stereocenters. The molecule has 12 heteroatoms. The Kier molecular flexibility index (Phi) is 6.97. The zero-order valence-electron chi connectivity index (χ0n) is 20.1. The standard InChI is InChI=1S/C24H28F3N7O2/c1-35-10-9-32-7-6-18(17(25)12-32)29-24-30-23(36-2)22-16(5-8-34(22)31-24)15-3-4-19-20(11-15)33(14-28-19)13-21(26)27/h3-5,8,11,14,17-18,21H,6-7,9-10,12-13H2,1-2H3,(H,29,31)/t17-,18+/m1/s1. The summed E-state index contributed by atoms with van der Waals surface area (Å²) < 4.78 is 54.5. The van der Waals surface area contributed by atoms with Crippen molar-refractivity contribution in [2.75, 3.05) is 45.8 Å². The first-order chi connectivity index (χ1) is 17.5. The van der Waals surface area contributed by atoms with E-state index in [2.05, 4.69) is 20.4 Å². The number of imidazole rings is 1. The summed E-state index contributed by atoms with van der Waals surface area (Å²) in [6.07, 6.45) is 0.229. The van der Waals surface area contributed by atoms with Gasteiger partial charge in [0.25, 0.3) is 6.43 Å². The van der Waals surface area contributed by atoms with Gasteiger partial charge in [0.15, 0.2) is 0 Å². The van der Waals surface area contributed by atoms with Crippen LogP contribution in [0.5, 0.6) is 5.88 Å². The molecule has 0 spiro atoms. The molecule has 5 rings (SSSR count). The normalized spacial score (nSPS) is 18.9. The summed E-state index contributed by atoms with van der Waals surface area (Å²) >= 11 is 0. The summed E-state index contributed by atoms with van der Waals surface area (Å²) in [5, 5.41) is 7.66. The van der Waals surface area contributed by atoms with Crippen molar-refractivity contribution >= 4 is 22.5 Å². The minimum atomic E-state index is -2.48. The smallest absolute Gasteiger partial charge is 0.256 e. The number of nitrogens with zero attached hydrogens (tertiary/aromatic N) is 6. The largest absolute Gasteiger partial charge is 0.479 e. The monoisotopic (exact) mass is 503 g/mol. The van der Waals surface area contributed by atoms with Crippen LogP contribution in [0.15, 0.2) is 36.8 Å². The fourth-order valence-electron chi connectivity index (χ4n) is 4.67. The van der Waals surface area contributed by atoms with Gasteiger partial charge in [0.2, 0.25) is 11.8 Å². The van der Waals surface area contributed by atoms with Gasteiger partial charge in [0.05, 0.1) is 43.7 Å². The second-order valence-electron chi connectivity index (χ2n) is 8.81. The Balaban J connectivity index is 1.42. The van der Waals surface area contributed by atoms with E-state index in [4.69, 9.17) is 9.47 Å². The maximum atomic E-state index is 14.9. The number of nitrogens with one attached hydrogen (secondary N) is 1. The highest BCUT2D eigenvalue weighted by molar-refractivity contribution is 5.89. The van der Waals surface area contributed by atoms with Crippen LogP contribution in [0.2, 0.25) is 0 Å². The molecule has 0 amide bonds. The van der Waals surface area contributed by atoms with Crippen molar-refractivity contribution in [1.82, 2.24) is 29.0 Å². The van der Waals surface area contributed by atoms with Crippen LogP contribution in [0.25, 0.3) is 27.7 Å². The van der Waals surface area contributed by atoms with Gasteiger partial charge in [-0.15, -0.1) is 5.10 Å². The topological polar surface area (TPSA) is 81.7 Å². The number of rotatable bonds is 9. The molecule has 0 bridgehead atoms. The molecule has 0 radical (unpaired) electrons. The van der Waals surface area contributed by atoms with Crippen LogP contribution in [-0.2, 0) is 11.3 Å². The number of benzene rings is 1. The molecule has 1 aliphatic heterocycles. The number of halogens is 3. The third-order valence-corrected chi connectivity index (χ3v) is 6.49. The van der Waals surface area contributed by atoms with Crippen molar-refractivity contribution in [2.24, 2.45) is 0 Å². The van der Waals surface area contributed by atoms with Gasteiger partial charge in [-0.1, -0.05) is 6.07 Å². The van der Waals surface area contributed by atoms with Crippen molar-refractivity contribution < 1.29 is 22.6 Å². The molecule has 192 valence electrons. The van der Waals surface area contributed by atoms with Crippen LogP contribution in [0, 0.1) is 0 Å². The third kappa shape index (κ3) is 4.82. The first-order valence-corrected chi connectivity index (χ1v) is 11.8. The maximum Gasteiger partial charge on any atom is 0.256 e. The number of alkyl halides is 3. The Bertz CT molecular complexity index is 1340. The zero-order chi connectivity index (χ0) is 25.2. The summed E-state index contributed by atoms with van der Waals surface area (Å²) in [5.74, 6) is 0.589. The highest BCUT2D eigenvalue weighted by Crippen LogP contribution is 2.33. The molecule has 1 saturated heterocycles. The number of hydrogen-bond donors (Lipinski definition) is 1. The molecule has 4 heterocycles. The molecule has 4 aromatic rings. The maximum absolute atomic E-state index is 14.9. The number of aromatic nitrogens is 5. The van der Waals surface area contributed by atoms with Crippen LogP contribution >= 0.6 is 0 Å². The van der Waals surface area contributed by atoms with Gasteiger partial charge in [-0.05, 0) is 30.2 Å². The first-order valence-electron chi connectivity index (χ1n) is 11.8. The predicted octanol–water partition coefficient (Wildman–Crippen LogP) is 3.49. The SMILES string of the molecule is COCCN1CC[C@H](Nc2nc(OC)c3c(-c4ccc5ncn(CC(F)F)c5c4)ccn3n2)[C@H](F)C1. The lowest BCUT2D eigenvalue weighted by Crippen LogP contribution is -2.48. The Morgan fingerprint density at radius 2 is 2.08 bits per heavy atom. The van der Waals surface area contributed by atoms with Crippen LogP contribution in [0.1, 0.15) is 6.42 Å². The van der Waals surface area contributed by atoms with Crippen LogP contribution < -0.4 is 10.1 Å². The Morgan fingerprint density at radius 1 is 1.22 bits per heavy atom. The van der Waals surface area contributed by atoms with Gasteiger partial charge in [0, 0.05) is 38.5 Å². The molecule has 1 aromatic carbocycles. The molecule has 36 heavy (non-hydrogen) atoms. The lowest BCUT2D eigenvalue weighted by Gasteiger charge is -2.34. The number of hydrogen-bond acceptors (Lipinski definition) is 7. The lowest BCUT2D eigenvalue weighted by atomic mass is 10.0. The lowest BCUT2D eigenvalue weighted by molar-refractivity contribution is 0.0918. The van der Waals surface area contributed by atoms with Crippen LogP contribution in [0.4, 0.5) is 19.1 Å². The van der Waals surface area contributed by atoms with Crippen LogP contribution in [-0.4, -0.2) is 88.1 Å². The number of piperidine rings is 1. The average molecular weight is 504 g/mol. The van der Waals surface area contributed by atoms with E-state index in [-0.39, 0.29) is 5.95 Å². The molecular formula is C24H28F3N7O2. The van der Waals surface area contributed by atoms with Crippen molar-refractivity contribution in [3.05, 3.63) is 36.8 Å². The minimum Gasteiger partial charge on any atom is -0.479 e. The molecule has 1 N–H and O–H groups in total. The second-order valence-corrected chi connectivity index (χ2v) is 8.81. The highest BCUT2D eigenvalue weighted by Gasteiger charge is 2.30. The Hall–Kier alpha value is -3.38. The number of methoxy groups -OCH3 is 2. The van der Waals surface area contributed by atoms with Gasteiger partial charge >= 0.3 is 0 Å². The van der Waals surface area contributed by atoms with E-state index < -0.39 is 25.2 Å². The van der Waals surface area contributed by atoms with Crippen LogP contribution in [0.3, 0.4) is 0 Å². The Labute approximate surface area is 205 Å². The summed E-state index contributed by atoms with van der Waals surface area (Å²) in [5.41, 5.74) is 3.42. The Morgan fingerprint density at radius 3 is 2.83 bits per heavy atom. The number of ether oxygens (including phenoxy) is 2. The zero-order valence-corrected chi connectivity index (χ0v) is 20.1. The molecule has 0 aliphatic carbocycles. The van der Waals surface area contributed by atoms with Crippen molar-refractivity contribution in [3.8, 4) is 17.0 Å². The molecule has 1 aliphatic rings. The molecule has 0 saturated carbocycles. The van der Waals surface area contributed by atoms with Gasteiger partial charge in [0.1, 0.15) is 11.7 Å². The van der Waals surface area contributed by atoms with Gasteiger partial charge in [-0.25, -0.2) is 22.7 Å². The fourth-order valence-corrected chi connectivity index (χ4v) is 4.67. The highest BCUT2D eigenvalue weighted by atomic mass is 19.3. The van der Waals surface area contributed by atoms with Gasteiger partial charge in [-0.2, -0.15) is 4.98 Å². The van der Waals surface area contributed by atoms with Gasteiger partial charge in [-0.3, -0.25) is 4.90 Å². The van der Waals surface area contributed by atoms with Gasteiger partial charge < -0.3 is 19.4 Å². The summed E-state index contributed by atoms with van der Waals surface area (Å²) in [4.78, 5) is 10.8. The van der Waals surface area contributed by atoms with E-state index >= 15 is 0 Å². The summed E-state index contributed by atoms with van der Waals surface area (Å²) in [6.45, 7) is 1.90. The van der Waals surface area contributed by atoms with Crippen molar-refractivity contribution in [1.29, 1.82) is 0 Å².